The lowest BCUT2D eigenvalue weighted by atomic mass is 10.3. The van der Waals surface area contributed by atoms with E-state index in [1.54, 1.807) is 26.0 Å². The summed E-state index contributed by atoms with van der Waals surface area (Å²) in [5.41, 5.74) is 5.19. The van der Waals surface area contributed by atoms with E-state index in [4.69, 9.17) is 10.2 Å². The van der Waals surface area contributed by atoms with Crippen LogP contribution in [0.3, 0.4) is 0 Å². The maximum Gasteiger partial charge on any atom is 0.218 e. The molecule has 0 bridgehead atoms. The third-order valence-electron chi connectivity index (χ3n) is 1.88. The lowest BCUT2D eigenvalue weighted by molar-refractivity contribution is 0.441. The van der Waals surface area contributed by atoms with Gasteiger partial charge >= 0.3 is 0 Å². The zero-order valence-corrected chi connectivity index (χ0v) is 10.7. The molecule has 7 heteroatoms. The molecule has 1 aromatic rings. The van der Waals surface area contributed by atoms with Crippen LogP contribution in [0.15, 0.2) is 16.5 Å². The van der Waals surface area contributed by atoms with Crippen LogP contribution in [0.25, 0.3) is 0 Å². The molecule has 1 rings (SSSR count). The summed E-state index contributed by atoms with van der Waals surface area (Å²) in [5, 5.41) is 0. The quantitative estimate of drug-likeness (QED) is 0.769. The second-order valence-electron chi connectivity index (χ2n) is 3.51. The maximum absolute atomic E-state index is 11.5. The van der Waals surface area contributed by atoms with Crippen molar-refractivity contribution in [1.29, 1.82) is 0 Å². The molecule has 1 heterocycles. The third kappa shape index (κ3) is 3.92. The first-order valence-corrected chi connectivity index (χ1v) is 6.71. The van der Waals surface area contributed by atoms with E-state index in [-0.39, 0.29) is 10.7 Å². The van der Waals surface area contributed by atoms with Crippen LogP contribution in [-0.2, 0) is 10.0 Å². The van der Waals surface area contributed by atoms with Crippen LogP contribution in [0.4, 0.5) is 0 Å². The van der Waals surface area contributed by atoms with Crippen LogP contribution >= 0.6 is 12.2 Å². The first-order chi connectivity index (χ1) is 7.30. The SMILES string of the molecule is Cc1ccc(C(C)NS(=O)(=O)CC(N)=S)o1. The van der Waals surface area contributed by atoms with Crippen LogP contribution in [0.5, 0.6) is 0 Å². The molecule has 1 atom stereocenters. The van der Waals surface area contributed by atoms with Gasteiger partial charge in [0.1, 0.15) is 17.3 Å². The highest BCUT2D eigenvalue weighted by Gasteiger charge is 2.18. The Balaban J connectivity index is 2.71. The molecule has 1 aromatic heterocycles. The van der Waals surface area contributed by atoms with Crippen LogP contribution < -0.4 is 10.5 Å². The van der Waals surface area contributed by atoms with Crippen LogP contribution in [0.1, 0.15) is 24.5 Å². The van der Waals surface area contributed by atoms with Gasteiger partial charge < -0.3 is 10.2 Å². The summed E-state index contributed by atoms with van der Waals surface area (Å²) in [6.45, 7) is 3.48. The maximum atomic E-state index is 11.5. The highest BCUT2D eigenvalue weighted by atomic mass is 32.2. The lowest BCUT2D eigenvalue weighted by Crippen LogP contribution is -2.33. The number of hydrogen-bond donors (Lipinski definition) is 2. The minimum absolute atomic E-state index is 0.0599. The van der Waals surface area contributed by atoms with E-state index in [1.807, 2.05) is 0 Å². The van der Waals surface area contributed by atoms with E-state index in [0.717, 1.165) is 5.76 Å². The van der Waals surface area contributed by atoms with Gasteiger partial charge in [-0.15, -0.1) is 0 Å². The van der Waals surface area contributed by atoms with E-state index in [2.05, 4.69) is 16.9 Å². The van der Waals surface area contributed by atoms with Gasteiger partial charge in [-0.3, -0.25) is 0 Å². The number of thiocarbonyl (C=S) groups is 1. The summed E-state index contributed by atoms with van der Waals surface area (Å²) < 4.78 is 30.8. The predicted octanol–water partition coefficient (Wildman–Crippen LogP) is 0.855. The van der Waals surface area contributed by atoms with Crippen molar-refractivity contribution in [1.82, 2.24) is 4.72 Å². The highest BCUT2D eigenvalue weighted by Crippen LogP contribution is 2.16. The van der Waals surface area contributed by atoms with Crippen molar-refractivity contribution >= 4 is 27.2 Å². The molecule has 90 valence electrons. The minimum Gasteiger partial charge on any atom is -0.465 e. The van der Waals surface area contributed by atoms with Crippen molar-refractivity contribution in [3.8, 4) is 0 Å². The van der Waals surface area contributed by atoms with E-state index < -0.39 is 16.1 Å². The van der Waals surface area contributed by atoms with Gasteiger partial charge in [-0.05, 0) is 26.0 Å². The summed E-state index contributed by atoms with van der Waals surface area (Å²) in [6.07, 6.45) is 0. The second-order valence-corrected chi connectivity index (χ2v) is 5.79. The number of nitrogens with one attached hydrogen (secondary N) is 1. The summed E-state index contributed by atoms with van der Waals surface area (Å²) in [6, 6.07) is 3.06. The van der Waals surface area contributed by atoms with Crippen molar-refractivity contribution in [2.24, 2.45) is 5.73 Å². The Morgan fingerprint density at radius 2 is 2.25 bits per heavy atom. The van der Waals surface area contributed by atoms with Crippen molar-refractivity contribution in [3.05, 3.63) is 23.7 Å². The number of aryl methyl sites for hydroxylation is 1. The summed E-state index contributed by atoms with van der Waals surface area (Å²) in [5.74, 6) is 0.936. The number of rotatable bonds is 5. The Morgan fingerprint density at radius 1 is 1.62 bits per heavy atom. The average Bonchev–Trinajstić information content (AvgIpc) is 2.47. The van der Waals surface area contributed by atoms with Crippen molar-refractivity contribution in [2.45, 2.75) is 19.9 Å². The molecule has 0 saturated carbocycles. The number of nitrogens with two attached hydrogens (primary N) is 1. The van der Waals surface area contributed by atoms with Crippen LogP contribution in [0.2, 0.25) is 0 Å². The number of furan rings is 1. The predicted molar refractivity (Wildman–Crippen MR) is 65.6 cm³/mol. The van der Waals surface area contributed by atoms with Gasteiger partial charge in [0.2, 0.25) is 10.0 Å². The van der Waals surface area contributed by atoms with Gasteiger partial charge in [0.15, 0.2) is 0 Å². The van der Waals surface area contributed by atoms with E-state index in [1.165, 1.54) is 0 Å². The molecule has 0 radical (unpaired) electrons. The standard InChI is InChI=1S/C9H14N2O3S2/c1-6-3-4-8(14-6)7(2)11-16(12,13)5-9(10)15/h3-4,7,11H,5H2,1-2H3,(H2,10,15). The average molecular weight is 262 g/mol. The molecule has 16 heavy (non-hydrogen) atoms. The fourth-order valence-corrected chi connectivity index (χ4v) is 2.82. The fraction of sp³-hybridized carbons (Fsp3) is 0.444. The second kappa shape index (κ2) is 4.94. The van der Waals surface area contributed by atoms with E-state index in [9.17, 15) is 8.42 Å². The molecular weight excluding hydrogens is 248 g/mol. The Hall–Kier alpha value is -0.920. The van der Waals surface area contributed by atoms with Gasteiger partial charge in [-0.1, -0.05) is 12.2 Å². The molecule has 5 nitrogen and oxygen atoms in total. The minimum atomic E-state index is -3.50. The number of hydrogen-bond acceptors (Lipinski definition) is 4. The monoisotopic (exact) mass is 262 g/mol. The Morgan fingerprint density at radius 3 is 2.69 bits per heavy atom. The van der Waals surface area contributed by atoms with Crippen LogP contribution in [-0.4, -0.2) is 19.2 Å². The molecule has 1 unspecified atom stereocenters. The third-order valence-corrected chi connectivity index (χ3v) is 3.61. The molecular formula is C9H14N2O3S2. The van der Waals surface area contributed by atoms with E-state index >= 15 is 0 Å². The van der Waals surface area contributed by atoms with Crippen molar-refractivity contribution < 1.29 is 12.8 Å². The summed E-state index contributed by atoms with van der Waals surface area (Å²) in [4.78, 5) is -0.0599. The lowest BCUT2D eigenvalue weighted by Gasteiger charge is -2.11. The Labute approximate surface area is 100 Å². The molecule has 0 spiro atoms. The van der Waals surface area contributed by atoms with Gasteiger partial charge in [-0.25, -0.2) is 13.1 Å². The van der Waals surface area contributed by atoms with Crippen molar-refractivity contribution in [3.63, 3.8) is 0 Å². The molecule has 0 aliphatic heterocycles. The van der Waals surface area contributed by atoms with Crippen LogP contribution in [0, 0.1) is 6.92 Å². The largest absolute Gasteiger partial charge is 0.465 e. The number of sulfonamides is 1. The van der Waals surface area contributed by atoms with Gasteiger partial charge in [0.05, 0.1) is 11.0 Å². The Bertz CT molecular complexity index is 479. The zero-order valence-electron chi connectivity index (χ0n) is 9.06. The smallest absolute Gasteiger partial charge is 0.218 e. The molecule has 0 amide bonds. The molecule has 3 N–H and O–H groups in total. The molecule has 0 saturated heterocycles. The normalized spacial score (nSPS) is 13.6. The topological polar surface area (TPSA) is 85.3 Å². The van der Waals surface area contributed by atoms with Crippen molar-refractivity contribution in [2.75, 3.05) is 5.75 Å². The first-order valence-electron chi connectivity index (χ1n) is 4.65. The molecule has 0 aromatic carbocycles. The Kier molecular flexibility index (Phi) is 4.06. The zero-order chi connectivity index (χ0) is 12.3. The molecule has 0 aliphatic rings. The summed E-state index contributed by atoms with van der Waals surface area (Å²) in [7, 11) is -3.50. The molecule has 0 aliphatic carbocycles. The fourth-order valence-electron chi connectivity index (χ4n) is 1.24. The first kappa shape index (κ1) is 13.1. The highest BCUT2D eigenvalue weighted by molar-refractivity contribution is 7.92. The summed E-state index contributed by atoms with van der Waals surface area (Å²) >= 11 is 4.55. The van der Waals surface area contributed by atoms with Gasteiger partial charge in [-0.2, -0.15) is 0 Å². The molecule has 0 fully saturated rings. The van der Waals surface area contributed by atoms with Gasteiger partial charge in [0, 0.05) is 0 Å². The van der Waals surface area contributed by atoms with E-state index in [0.29, 0.717) is 5.76 Å². The van der Waals surface area contributed by atoms with Gasteiger partial charge in [0.25, 0.3) is 0 Å².